The van der Waals surface area contributed by atoms with Gasteiger partial charge in [-0.3, -0.25) is 9.82 Å². The molecule has 0 saturated carbocycles. The van der Waals surface area contributed by atoms with E-state index in [1.54, 1.807) is 0 Å². The van der Waals surface area contributed by atoms with Crippen molar-refractivity contribution in [1.82, 2.24) is 10.2 Å². The van der Waals surface area contributed by atoms with E-state index in [0.717, 1.165) is 12.1 Å². The minimum atomic E-state index is -4.15. The predicted octanol–water partition coefficient (Wildman–Crippen LogP) is 2.15. The van der Waals surface area contributed by atoms with Crippen molar-refractivity contribution >= 4 is 33.1 Å². The summed E-state index contributed by atoms with van der Waals surface area (Å²) in [5.41, 5.74) is 6.20. The van der Waals surface area contributed by atoms with Crippen LogP contribution in [0.15, 0.2) is 23.2 Å². The summed E-state index contributed by atoms with van der Waals surface area (Å²) in [6.07, 6.45) is 2.05. The Labute approximate surface area is 120 Å². The summed E-state index contributed by atoms with van der Waals surface area (Å²) < 4.78 is 40.4. The quantitative estimate of drug-likeness (QED) is 0.752. The highest BCUT2D eigenvalue weighted by molar-refractivity contribution is 7.92. The lowest BCUT2D eigenvalue weighted by Crippen LogP contribution is -2.16. The van der Waals surface area contributed by atoms with Crippen LogP contribution in [0.5, 0.6) is 0 Å². The Hall–Kier alpha value is -1.80. The normalized spacial score (nSPS) is 11.6. The van der Waals surface area contributed by atoms with Crippen LogP contribution in [0.25, 0.3) is 0 Å². The van der Waals surface area contributed by atoms with Crippen molar-refractivity contribution in [1.29, 1.82) is 0 Å². The molecule has 0 aliphatic carbocycles. The van der Waals surface area contributed by atoms with Gasteiger partial charge in [-0.25, -0.2) is 12.8 Å². The van der Waals surface area contributed by atoms with Gasteiger partial charge in [0, 0.05) is 11.3 Å². The zero-order valence-electron chi connectivity index (χ0n) is 10.4. The van der Waals surface area contributed by atoms with E-state index in [-0.39, 0.29) is 16.5 Å². The first-order valence-electron chi connectivity index (χ1n) is 5.64. The van der Waals surface area contributed by atoms with Crippen LogP contribution < -0.4 is 10.5 Å². The van der Waals surface area contributed by atoms with Gasteiger partial charge in [0.25, 0.3) is 10.0 Å². The summed E-state index contributed by atoms with van der Waals surface area (Å²) in [4.78, 5) is -0.612. The second kappa shape index (κ2) is 5.29. The van der Waals surface area contributed by atoms with Crippen LogP contribution in [-0.4, -0.2) is 18.6 Å². The van der Waals surface area contributed by atoms with Gasteiger partial charge >= 0.3 is 0 Å². The Morgan fingerprint density at radius 1 is 1.50 bits per heavy atom. The number of sulfonamides is 1. The second-order valence-electron chi connectivity index (χ2n) is 4.04. The maximum Gasteiger partial charge on any atom is 0.266 e. The number of anilines is 2. The molecule has 0 amide bonds. The number of aromatic amines is 1. The lowest BCUT2D eigenvalue weighted by molar-refractivity contribution is 0.570. The Bertz CT molecular complexity index is 745. The molecule has 1 aromatic carbocycles. The molecule has 2 rings (SSSR count). The molecule has 6 nitrogen and oxygen atoms in total. The number of benzene rings is 1. The van der Waals surface area contributed by atoms with Crippen LogP contribution >= 0.6 is 11.6 Å². The summed E-state index contributed by atoms with van der Waals surface area (Å²) in [5, 5.41) is 5.88. The minimum Gasteiger partial charge on any atom is -0.399 e. The molecular formula is C11H12ClFN4O2S. The van der Waals surface area contributed by atoms with E-state index < -0.39 is 20.7 Å². The van der Waals surface area contributed by atoms with Crippen molar-refractivity contribution in [2.75, 3.05) is 10.5 Å². The van der Waals surface area contributed by atoms with Gasteiger partial charge in [-0.15, -0.1) is 0 Å². The fraction of sp³-hybridized carbons (Fsp3) is 0.182. The molecule has 0 atom stereocenters. The second-order valence-corrected chi connectivity index (χ2v) is 6.10. The van der Waals surface area contributed by atoms with Crippen molar-refractivity contribution < 1.29 is 12.8 Å². The van der Waals surface area contributed by atoms with Crippen molar-refractivity contribution in [2.45, 2.75) is 18.2 Å². The number of rotatable bonds is 4. The summed E-state index contributed by atoms with van der Waals surface area (Å²) in [5.74, 6) is -0.864. The average molecular weight is 319 g/mol. The number of hydrogen-bond donors (Lipinski definition) is 3. The van der Waals surface area contributed by atoms with Gasteiger partial charge in [-0.05, 0) is 18.6 Å². The molecule has 20 heavy (non-hydrogen) atoms. The number of nitrogens with zero attached hydrogens (tertiary/aromatic N) is 1. The van der Waals surface area contributed by atoms with Crippen LogP contribution in [0, 0.1) is 5.82 Å². The molecular weight excluding hydrogens is 307 g/mol. The highest BCUT2D eigenvalue weighted by Gasteiger charge is 2.23. The van der Waals surface area contributed by atoms with E-state index in [2.05, 4.69) is 14.9 Å². The van der Waals surface area contributed by atoms with Gasteiger partial charge in [0.05, 0.1) is 11.2 Å². The maximum atomic E-state index is 13.9. The maximum absolute atomic E-state index is 13.9. The Morgan fingerprint density at radius 3 is 2.85 bits per heavy atom. The zero-order chi connectivity index (χ0) is 14.9. The van der Waals surface area contributed by atoms with Crippen molar-refractivity contribution in [3.8, 4) is 0 Å². The summed E-state index contributed by atoms with van der Waals surface area (Å²) in [6.45, 7) is 1.83. The van der Waals surface area contributed by atoms with E-state index >= 15 is 0 Å². The molecule has 1 heterocycles. The smallest absolute Gasteiger partial charge is 0.266 e. The van der Waals surface area contributed by atoms with Crippen LogP contribution in [0.1, 0.15) is 12.5 Å². The minimum absolute atomic E-state index is 0.0529. The number of aromatic nitrogens is 2. The molecule has 0 spiro atoms. The molecule has 9 heteroatoms. The largest absolute Gasteiger partial charge is 0.399 e. The van der Waals surface area contributed by atoms with Gasteiger partial charge in [0.15, 0.2) is 5.82 Å². The van der Waals surface area contributed by atoms with Crippen molar-refractivity contribution in [3.05, 3.63) is 34.7 Å². The zero-order valence-corrected chi connectivity index (χ0v) is 12.0. The lowest BCUT2D eigenvalue weighted by Gasteiger charge is -2.10. The monoisotopic (exact) mass is 318 g/mol. The molecule has 108 valence electrons. The van der Waals surface area contributed by atoms with Gasteiger partial charge < -0.3 is 5.73 Å². The van der Waals surface area contributed by atoms with Gasteiger partial charge in [-0.2, -0.15) is 5.10 Å². The summed E-state index contributed by atoms with van der Waals surface area (Å²) in [6, 6.07) is 2.15. The van der Waals surface area contributed by atoms with Crippen LogP contribution in [0.3, 0.4) is 0 Å². The van der Waals surface area contributed by atoms with Gasteiger partial charge in [0.1, 0.15) is 10.7 Å². The number of nitrogens with one attached hydrogen (secondary N) is 2. The number of nitrogen functional groups attached to an aromatic ring is 1. The average Bonchev–Trinajstić information content (AvgIpc) is 2.80. The third-order valence-corrected chi connectivity index (χ3v) is 4.27. The molecule has 4 N–H and O–H groups in total. The highest BCUT2D eigenvalue weighted by Crippen LogP contribution is 2.27. The van der Waals surface area contributed by atoms with Crippen molar-refractivity contribution in [2.24, 2.45) is 0 Å². The molecule has 0 fully saturated rings. The van der Waals surface area contributed by atoms with E-state index in [9.17, 15) is 12.8 Å². The fourth-order valence-electron chi connectivity index (χ4n) is 1.64. The van der Waals surface area contributed by atoms with Crippen LogP contribution in [0.4, 0.5) is 15.9 Å². The fourth-order valence-corrected chi connectivity index (χ4v) is 3.11. The third kappa shape index (κ3) is 2.70. The Morgan fingerprint density at radius 2 is 2.20 bits per heavy atom. The predicted molar refractivity (Wildman–Crippen MR) is 74.6 cm³/mol. The molecule has 2 aromatic rings. The number of nitrogens with two attached hydrogens (primary N) is 1. The van der Waals surface area contributed by atoms with Crippen LogP contribution in [-0.2, 0) is 16.4 Å². The lowest BCUT2D eigenvalue weighted by atomic mass is 10.3. The van der Waals surface area contributed by atoms with E-state index in [0.29, 0.717) is 12.0 Å². The number of H-pyrrole nitrogens is 1. The highest BCUT2D eigenvalue weighted by atomic mass is 35.5. The summed E-state index contributed by atoms with van der Waals surface area (Å²) >= 11 is 5.60. The van der Waals surface area contributed by atoms with E-state index in [1.165, 1.54) is 6.20 Å². The molecule has 1 aromatic heterocycles. The van der Waals surface area contributed by atoms with Gasteiger partial charge in [-0.1, -0.05) is 18.5 Å². The molecule has 0 aliphatic heterocycles. The Balaban J connectivity index is 2.46. The molecule has 0 radical (unpaired) electrons. The molecule has 0 bridgehead atoms. The SMILES string of the molecule is CCc1cn[nH]c1NS(=O)(=O)c1cc(N)cc(Cl)c1F. The molecule has 0 saturated heterocycles. The van der Waals surface area contributed by atoms with Gasteiger partial charge in [0.2, 0.25) is 0 Å². The standard InChI is InChI=1S/C11H12ClFN4O2S/c1-2-6-5-15-16-11(6)17-20(18,19)9-4-7(14)3-8(12)10(9)13/h3-5H,2,14H2,1H3,(H2,15,16,17). The third-order valence-electron chi connectivity index (χ3n) is 2.64. The first-order valence-corrected chi connectivity index (χ1v) is 7.51. The Kier molecular flexibility index (Phi) is 3.87. The summed E-state index contributed by atoms with van der Waals surface area (Å²) in [7, 11) is -4.15. The number of halogens is 2. The first kappa shape index (κ1) is 14.6. The van der Waals surface area contributed by atoms with Crippen molar-refractivity contribution in [3.63, 3.8) is 0 Å². The van der Waals surface area contributed by atoms with E-state index in [4.69, 9.17) is 17.3 Å². The molecule has 0 unspecified atom stereocenters. The van der Waals surface area contributed by atoms with Crippen LogP contribution in [0.2, 0.25) is 5.02 Å². The topological polar surface area (TPSA) is 101 Å². The van der Waals surface area contributed by atoms with E-state index in [1.807, 2.05) is 6.92 Å². The number of aryl methyl sites for hydroxylation is 1. The molecule has 0 aliphatic rings. The number of hydrogen-bond acceptors (Lipinski definition) is 4. The first-order chi connectivity index (χ1) is 9.35.